The Morgan fingerprint density at radius 3 is 2.61 bits per heavy atom. The monoisotopic (exact) mass is 491 g/mol. The van der Waals surface area contributed by atoms with Crippen molar-refractivity contribution in [1.82, 2.24) is 14.7 Å². The van der Waals surface area contributed by atoms with E-state index in [9.17, 15) is 5.11 Å². The van der Waals surface area contributed by atoms with Crippen LogP contribution in [0, 0.1) is 27.7 Å². The number of benzene rings is 2. The highest BCUT2D eigenvalue weighted by Gasteiger charge is 2.31. The van der Waals surface area contributed by atoms with Gasteiger partial charge in [0.25, 0.3) is 0 Å². The Labute approximate surface area is 215 Å². The molecule has 1 aromatic heterocycles. The molecule has 2 aromatic carbocycles. The molecule has 1 N–H and O–H groups in total. The molecule has 194 valence electrons. The fraction of sp³-hybridized carbons (Fsp3) is 0.500. The van der Waals surface area contributed by atoms with Gasteiger partial charge in [-0.15, -0.1) is 0 Å². The Bertz CT molecular complexity index is 1140. The van der Waals surface area contributed by atoms with E-state index in [0.717, 1.165) is 68.2 Å². The fourth-order valence-corrected chi connectivity index (χ4v) is 5.01. The molecule has 0 bridgehead atoms. The molecule has 0 amide bonds. The number of aromatic nitrogens is 2. The second-order valence-corrected chi connectivity index (χ2v) is 10.4. The number of likely N-dealkylation sites (tertiary alicyclic amines) is 1. The summed E-state index contributed by atoms with van der Waals surface area (Å²) >= 11 is 0. The third kappa shape index (κ3) is 7.34. The lowest BCUT2D eigenvalue weighted by atomic mass is 9.96. The highest BCUT2D eigenvalue weighted by atomic mass is 16.5. The minimum Gasteiger partial charge on any atom is -0.494 e. The summed E-state index contributed by atoms with van der Waals surface area (Å²) in [7, 11) is 0. The molecule has 1 atom stereocenters. The van der Waals surface area contributed by atoms with Crippen molar-refractivity contribution >= 4 is 0 Å². The van der Waals surface area contributed by atoms with Gasteiger partial charge in [0.2, 0.25) is 0 Å². The zero-order valence-electron chi connectivity index (χ0n) is 22.3. The van der Waals surface area contributed by atoms with Crippen molar-refractivity contribution in [2.75, 3.05) is 26.3 Å². The van der Waals surface area contributed by atoms with E-state index in [0.29, 0.717) is 19.6 Å². The first kappa shape index (κ1) is 26.2. The average molecular weight is 492 g/mol. The quantitative estimate of drug-likeness (QED) is 0.386. The summed E-state index contributed by atoms with van der Waals surface area (Å²) in [5.74, 6) is 1.77. The Hall–Kier alpha value is -2.83. The van der Waals surface area contributed by atoms with Gasteiger partial charge in [-0.2, -0.15) is 5.10 Å². The Morgan fingerprint density at radius 2 is 1.83 bits per heavy atom. The van der Waals surface area contributed by atoms with Crippen molar-refractivity contribution in [1.29, 1.82) is 0 Å². The maximum atomic E-state index is 11.2. The smallest absolute Gasteiger partial charge is 0.122 e. The maximum absolute atomic E-state index is 11.2. The van der Waals surface area contributed by atoms with Gasteiger partial charge >= 0.3 is 0 Å². The highest BCUT2D eigenvalue weighted by Crippen LogP contribution is 2.27. The van der Waals surface area contributed by atoms with E-state index in [1.807, 2.05) is 23.7 Å². The Kier molecular flexibility index (Phi) is 8.70. The molecule has 36 heavy (non-hydrogen) atoms. The molecule has 2 heterocycles. The summed E-state index contributed by atoms with van der Waals surface area (Å²) in [6.45, 7) is 12.8. The zero-order chi connectivity index (χ0) is 25.5. The number of nitrogens with zero attached hydrogens (tertiary/aromatic N) is 3. The van der Waals surface area contributed by atoms with Crippen LogP contribution >= 0.6 is 0 Å². The van der Waals surface area contributed by atoms with Gasteiger partial charge in [0, 0.05) is 31.7 Å². The second-order valence-electron chi connectivity index (χ2n) is 10.4. The van der Waals surface area contributed by atoms with Crippen LogP contribution in [0.2, 0.25) is 0 Å². The maximum Gasteiger partial charge on any atom is 0.122 e. The molecule has 1 aliphatic rings. The molecular formula is C30H41N3O3. The van der Waals surface area contributed by atoms with E-state index in [-0.39, 0.29) is 0 Å². The van der Waals surface area contributed by atoms with Gasteiger partial charge in [0.15, 0.2) is 0 Å². The lowest BCUT2D eigenvalue weighted by Crippen LogP contribution is -2.37. The van der Waals surface area contributed by atoms with E-state index < -0.39 is 5.60 Å². The lowest BCUT2D eigenvalue weighted by Gasteiger charge is -2.27. The predicted octanol–water partition coefficient (Wildman–Crippen LogP) is 5.38. The lowest BCUT2D eigenvalue weighted by molar-refractivity contribution is -0.0170. The largest absolute Gasteiger partial charge is 0.494 e. The molecule has 1 aliphatic heterocycles. The van der Waals surface area contributed by atoms with Crippen LogP contribution in [0.25, 0.3) is 0 Å². The minimum atomic E-state index is -0.789. The van der Waals surface area contributed by atoms with Crippen molar-refractivity contribution < 1.29 is 14.6 Å². The Morgan fingerprint density at radius 1 is 0.972 bits per heavy atom. The van der Waals surface area contributed by atoms with E-state index in [1.165, 1.54) is 16.8 Å². The van der Waals surface area contributed by atoms with Crippen molar-refractivity contribution in [3.05, 3.63) is 76.6 Å². The standard InChI is InChI=1S/C30H41N3O3/c1-23-10-11-29(24(2)18-23)36-22-30(34)12-6-14-32(16-13-30)21-27-8-5-9-28(20-27)35-17-7-15-33-26(4)19-25(3)31-33/h5,8-11,18-20,34H,6-7,12-17,21-22H2,1-4H3/t30-/m1/s1. The van der Waals surface area contributed by atoms with Crippen LogP contribution in [0.5, 0.6) is 11.5 Å². The van der Waals surface area contributed by atoms with Crippen molar-refractivity contribution in [3.8, 4) is 11.5 Å². The van der Waals surface area contributed by atoms with Crippen molar-refractivity contribution in [2.45, 2.75) is 72.1 Å². The van der Waals surface area contributed by atoms with Crippen LogP contribution in [0.3, 0.4) is 0 Å². The molecule has 3 aromatic rings. The van der Waals surface area contributed by atoms with Gasteiger partial charge in [-0.1, -0.05) is 29.8 Å². The van der Waals surface area contributed by atoms with Gasteiger partial charge < -0.3 is 14.6 Å². The first-order chi connectivity index (χ1) is 17.3. The molecule has 6 nitrogen and oxygen atoms in total. The van der Waals surface area contributed by atoms with E-state index in [1.54, 1.807) is 0 Å². The summed E-state index contributed by atoms with van der Waals surface area (Å²) in [4.78, 5) is 2.43. The Balaban J connectivity index is 1.24. The van der Waals surface area contributed by atoms with Gasteiger partial charge in [0.1, 0.15) is 18.1 Å². The van der Waals surface area contributed by atoms with Gasteiger partial charge in [-0.05, 0) is 88.9 Å². The SMILES string of the molecule is Cc1ccc(OC[C@@]2(O)CCCN(Cc3cccc(OCCCn4nc(C)cc4C)c3)CC2)c(C)c1. The summed E-state index contributed by atoms with van der Waals surface area (Å²) in [6, 6.07) is 16.7. The molecule has 6 heteroatoms. The topological polar surface area (TPSA) is 59.8 Å². The van der Waals surface area contributed by atoms with Gasteiger partial charge in [-0.3, -0.25) is 9.58 Å². The van der Waals surface area contributed by atoms with Crippen LogP contribution in [0.15, 0.2) is 48.5 Å². The molecule has 0 aliphatic carbocycles. The number of ether oxygens (including phenoxy) is 2. The summed E-state index contributed by atoms with van der Waals surface area (Å²) in [6.07, 6.45) is 3.34. The molecule has 0 saturated carbocycles. The molecular weight excluding hydrogens is 450 g/mol. The van der Waals surface area contributed by atoms with E-state index >= 15 is 0 Å². The number of hydrogen-bond acceptors (Lipinski definition) is 5. The highest BCUT2D eigenvalue weighted by molar-refractivity contribution is 5.35. The summed E-state index contributed by atoms with van der Waals surface area (Å²) in [5, 5.41) is 15.7. The third-order valence-corrected chi connectivity index (χ3v) is 7.03. The normalized spacial score (nSPS) is 18.7. The number of rotatable bonds is 10. The summed E-state index contributed by atoms with van der Waals surface area (Å²) in [5.41, 5.74) is 5.03. The van der Waals surface area contributed by atoms with Crippen LogP contribution in [-0.4, -0.2) is 51.7 Å². The van der Waals surface area contributed by atoms with E-state index in [4.69, 9.17) is 9.47 Å². The number of aliphatic hydroxyl groups is 1. The van der Waals surface area contributed by atoms with Gasteiger partial charge in [0.05, 0.1) is 17.9 Å². The van der Waals surface area contributed by atoms with Crippen LogP contribution in [-0.2, 0) is 13.1 Å². The van der Waals surface area contributed by atoms with Crippen molar-refractivity contribution in [3.63, 3.8) is 0 Å². The first-order valence-corrected chi connectivity index (χ1v) is 13.2. The minimum absolute atomic E-state index is 0.339. The van der Waals surface area contributed by atoms with E-state index in [2.05, 4.69) is 67.2 Å². The van der Waals surface area contributed by atoms with Crippen LogP contribution in [0.4, 0.5) is 0 Å². The molecule has 1 saturated heterocycles. The molecule has 4 rings (SSSR count). The second kappa shape index (κ2) is 11.9. The number of aryl methyl sites for hydroxylation is 5. The molecule has 0 unspecified atom stereocenters. The predicted molar refractivity (Wildman–Crippen MR) is 144 cm³/mol. The molecule has 1 fully saturated rings. The molecule has 0 radical (unpaired) electrons. The third-order valence-electron chi connectivity index (χ3n) is 7.03. The van der Waals surface area contributed by atoms with Crippen molar-refractivity contribution in [2.24, 2.45) is 0 Å². The average Bonchev–Trinajstić information content (AvgIpc) is 3.04. The van der Waals surface area contributed by atoms with Gasteiger partial charge in [-0.25, -0.2) is 0 Å². The molecule has 0 spiro atoms. The number of hydrogen-bond donors (Lipinski definition) is 1. The first-order valence-electron chi connectivity index (χ1n) is 13.2. The zero-order valence-corrected chi connectivity index (χ0v) is 22.3. The fourth-order valence-electron chi connectivity index (χ4n) is 5.01. The summed E-state index contributed by atoms with van der Waals surface area (Å²) < 4.78 is 14.1. The van der Waals surface area contributed by atoms with Crippen LogP contribution in [0.1, 0.15) is 53.8 Å². The van der Waals surface area contributed by atoms with Crippen LogP contribution < -0.4 is 9.47 Å².